The van der Waals surface area contributed by atoms with E-state index in [2.05, 4.69) is 5.32 Å². The van der Waals surface area contributed by atoms with Crippen LogP contribution < -0.4 is 5.32 Å². The van der Waals surface area contributed by atoms with E-state index in [1.54, 1.807) is 0 Å². The van der Waals surface area contributed by atoms with Crippen LogP contribution in [0.4, 0.5) is 18.0 Å². The lowest BCUT2D eigenvalue weighted by Crippen LogP contribution is -2.50. The van der Waals surface area contributed by atoms with E-state index in [0.29, 0.717) is 4.90 Å². The van der Waals surface area contributed by atoms with Gasteiger partial charge in [-0.3, -0.25) is 4.79 Å². The average molecular weight is 298 g/mol. The molecule has 1 aliphatic rings. The first-order valence-electron chi connectivity index (χ1n) is 6.03. The monoisotopic (exact) mass is 298 g/mol. The number of hydrogen-bond acceptors (Lipinski definition) is 3. The van der Waals surface area contributed by atoms with Crippen LogP contribution in [-0.4, -0.2) is 61.5 Å². The Hall–Kier alpha value is -1.51. The van der Waals surface area contributed by atoms with E-state index < -0.39 is 30.1 Å². The molecule has 116 valence electrons. The van der Waals surface area contributed by atoms with Crippen molar-refractivity contribution >= 4 is 12.0 Å². The van der Waals surface area contributed by atoms with E-state index >= 15 is 0 Å². The van der Waals surface area contributed by atoms with Crippen molar-refractivity contribution in [2.75, 3.05) is 33.4 Å². The number of aliphatic carboxylic acids is 1. The molecule has 1 heterocycles. The van der Waals surface area contributed by atoms with Gasteiger partial charge in [0.15, 0.2) is 0 Å². The standard InChI is InChI=1S/C11H17F3N2O4/c1-16(7-11(12,13)14)9(19)15-6-10(8(17)18)2-4-20-5-3-10/h2-7H2,1H3,(H,15,19)(H,17,18). The molecule has 0 radical (unpaired) electrons. The minimum Gasteiger partial charge on any atom is -0.481 e. The Morgan fingerprint density at radius 3 is 2.35 bits per heavy atom. The molecular weight excluding hydrogens is 281 g/mol. The first-order valence-corrected chi connectivity index (χ1v) is 6.03. The van der Waals surface area contributed by atoms with Gasteiger partial charge in [0.05, 0.1) is 5.41 Å². The SMILES string of the molecule is CN(CC(F)(F)F)C(=O)NCC1(C(=O)O)CCOCC1. The third-order valence-corrected chi connectivity index (χ3v) is 3.24. The van der Waals surface area contributed by atoms with E-state index in [0.717, 1.165) is 7.05 Å². The first kappa shape index (κ1) is 16.5. The van der Waals surface area contributed by atoms with Gasteiger partial charge in [0.2, 0.25) is 0 Å². The number of carbonyl (C=O) groups excluding carboxylic acids is 1. The van der Waals surface area contributed by atoms with Crippen molar-refractivity contribution in [1.82, 2.24) is 10.2 Å². The Kier molecular flexibility index (Phi) is 5.21. The largest absolute Gasteiger partial charge is 0.481 e. The van der Waals surface area contributed by atoms with Gasteiger partial charge >= 0.3 is 18.2 Å². The Labute approximate surface area is 113 Å². The summed E-state index contributed by atoms with van der Waals surface area (Å²) in [4.78, 5) is 23.3. The normalized spacial score (nSPS) is 18.4. The average Bonchev–Trinajstić information content (AvgIpc) is 2.34. The summed E-state index contributed by atoms with van der Waals surface area (Å²) in [6.45, 7) is -1.10. The molecule has 0 unspecified atom stereocenters. The van der Waals surface area contributed by atoms with Crippen LogP contribution in [0, 0.1) is 5.41 Å². The Balaban J connectivity index is 2.55. The summed E-state index contributed by atoms with van der Waals surface area (Å²) in [5, 5.41) is 11.5. The van der Waals surface area contributed by atoms with Crippen LogP contribution in [0.3, 0.4) is 0 Å². The molecule has 20 heavy (non-hydrogen) atoms. The molecule has 1 fully saturated rings. The van der Waals surface area contributed by atoms with Gasteiger partial charge in [0.25, 0.3) is 0 Å². The van der Waals surface area contributed by atoms with Crippen LogP contribution in [0.15, 0.2) is 0 Å². The van der Waals surface area contributed by atoms with Gasteiger partial charge in [-0.1, -0.05) is 0 Å². The van der Waals surface area contributed by atoms with Crippen molar-refractivity contribution in [3.63, 3.8) is 0 Å². The highest BCUT2D eigenvalue weighted by molar-refractivity contribution is 5.78. The molecule has 0 aromatic carbocycles. The maximum absolute atomic E-state index is 12.1. The maximum atomic E-state index is 12.1. The summed E-state index contributed by atoms with van der Waals surface area (Å²) in [6.07, 6.45) is -4.06. The van der Waals surface area contributed by atoms with E-state index in [1.807, 2.05) is 0 Å². The molecule has 6 nitrogen and oxygen atoms in total. The zero-order valence-electron chi connectivity index (χ0n) is 11.0. The number of halogens is 3. The van der Waals surface area contributed by atoms with Crippen molar-refractivity contribution in [2.24, 2.45) is 5.41 Å². The molecule has 0 atom stereocenters. The van der Waals surface area contributed by atoms with Crippen LogP contribution in [0.5, 0.6) is 0 Å². The molecule has 0 spiro atoms. The number of amides is 2. The highest BCUT2D eigenvalue weighted by Gasteiger charge is 2.41. The Morgan fingerprint density at radius 1 is 1.35 bits per heavy atom. The smallest absolute Gasteiger partial charge is 0.406 e. The van der Waals surface area contributed by atoms with Crippen LogP contribution in [0.2, 0.25) is 0 Å². The van der Waals surface area contributed by atoms with Gasteiger partial charge in [-0.25, -0.2) is 4.79 Å². The fourth-order valence-electron chi connectivity index (χ4n) is 1.95. The van der Waals surface area contributed by atoms with Gasteiger partial charge in [-0.15, -0.1) is 0 Å². The van der Waals surface area contributed by atoms with Gasteiger partial charge in [0.1, 0.15) is 6.54 Å². The van der Waals surface area contributed by atoms with E-state index in [9.17, 15) is 27.9 Å². The summed E-state index contributed by atoms with van der Waals surface area (Å²) < 4.78 is 41.5. The molecule has 9 heteroatoms. The summed E-state index contributed by atoms with van der Waals surface area (Å²) in [5.41, 5.74) is -1.17. The predicted octanol–water partition coefficient (Wildman–Crippen LogP) is 1.07. The van der Waals surface area contributed by atoms with Gasteiger partial charge < -0.3 is 20.1 Å². The summed E-state index contributed by atoms with van der Waals surface area (Å²) >= 11 is 0. The minimum atomic E-state index is -4.49. The van der Waals surface area contributed by atoms with Crippen molar-refractivity contribution in [3.8, 4) is 0 Å². The minimum absolute atomic E-state index is 0.214. The molecule has 0 aromatic rings. The van der Waals surface area contributed by atoms with E-state index in [-0.39, 0.29) is 32.6 Å². The summed E-state index contributed by atoms with van der Waals surface area (Å²) in [5.74, 6) is -1.08. The summed E-state index contributed by atoms with van der Waals surface area (Å²) in [7, 11) is 1.00. The molecule has 2 N–H and O–H groups in total. The van der Waals surface area contributed by atoms with Crippen molar-refractivity contribution in [2.45, 2.75) is 19.0 Å². The lowest BCUT2D eigenvalue weighted by Gasteiger charge is -2.33. The van der Waals surface area contributed by atoms with Gasteiger partial charge in [-0.2, -0.15) is 13.2 Å². The lowest BCUT2D eigenvalue weighted by molar-refractivity contribution is -0.154. The lowest BCUT2D eigenvalue weighted by atomic mass is 9.80. The van der Waals surface area contributed by atoms with Crippen LogP contribution >= 0.6 is 0 Å². The topological polar surface area (TPSA) is 78.9 Å². The van der Waals surface area contributed by atoms with Gasteiger partial charge in [0, 0.05) is 26.8 Å². The molecule has 0 saturated carbocycles. The Morgan fingerprint density at radius 2 is 1.90 bits per heavy atom. The van der Waals surface area contributed by atoms with Crippen molar-refractivity contribution in [3.05, 3.63) is 0 Å². The number of carboxylic acid groups (broad SMARTS) is 1. The van der Waals surface area contributed by atoms with Crippen LogP contribution in [0.1, 0.15) is 12.8 Å². The molecular formula is C11H17F3N2O4. The number of alkyl halides is 3. The third-order valence-electron chi connectivity index (χ3n) is 3.24. The van der Waals surface area contributed by atoms with E-state index in [4.69, 9.17) is 4.74 Å². The number of rotatable bonds is 4. The zero-order chi connectivity index (χ0) is 15.4. The maximum Gasteiger partial charge on any atom is 0.406 e. The third kappa shape index (κ3) is 4.55. The van der Waals surface area contributed by atoms with Crippen molar-refractivity contribution < 1.29 is 32.6 Å². The second-order valence-corrected chi connectivity index (χ2v) is 4.83. The zero-order valence-corrected chi connectivity index (χ0v) is 11.0. The first-order chi connectivity index (χ1) is 9.16. The number of carbonyl (C=O) groups is 2. The highest BCUT2D eigenvalue weighted by atomic mass is 19.4. The molecule has 1 rings (SSSR count). The number of hydrogen-bond donors (Lipinski definition) is 2. The fraction of sp³-hybridized carbons (Fsp3) is 0.818. The second kappa shape index (κ2) is 6.29. The number of carboxylic acids is 1. The molecule has 1 aliphatic heterocycles. The highest BCUT2D eigenvalue weighted by Crippen LogP contribution is 2.30. The molecule has 1 saturated heterocycles. The second-order valence-electron chi connectivity index (χ2n) is 4.83. The number of ether oxygens (including phenoxy) is 1. The number of urea groups is 1. The predicted molar refractivity (Wildman–Crippen MR) is 62.2 cm³/mol. The number of nitrogens with zero attached hydrogens (tertiary/aromatic N) is 1. The number of nitrogens with one attached hydrogen (secondary N) is 1. The van der Waals surface area contributed by atoms with Gasteiger partial charge in [-0.05, 0) is 12.8 Å². The van der Waals surface area contributed by atoms with E-state index in [1.165, 1.54) is 0 Å². The molecule has 0 bridgehead atoms. The van der Waals surface area contributed by atoms with Crippen molar-refractivity contribution in [1.29, 1.82) is 0 Å². The fourth-order valence-corrected chi connectivity index (χ4v) is 1.95. The summed E-state index contributed by atoms with van der Waals surface area (Å²) in [6, 6.07) is -0.950. The quantitative estimate of drug-likeness (QED) is 0.814. The molecule has 0 aliphatic carbocycles. The molecule has 2 amide bonds. The van der Waals surface area contributed by atoms with Crippen LogP contribution in [0.25, 0.3) is 0 Å². The molecule has 0 aromatic heterocycles. The Bertz CT molecular complexity index is 367. The van der Waals surface area contributed by atoms with Crippen LogP contribution in [-0.2, 0) is 9.53 Å².